The van der Waals surface area contributed by atoms with E-state index in [4.69, 9.17) is 14.7 Å². The topological polar surface area (TPSA) is 59.0 Å². The average Bonchev–Trinajstić information content (AvgIpc) is 2.47. The van der Waals surface area contributed by atoms with Crippen LogP contribution in [0.2, 0.25) is 0 Å². The van der Waals surface area contributed by atoms with Gasteiger partial charge in [0.2, 0.25) is 5.72 Å². The summed E-state index contributed by atoms with van der Waals surface area (Å²) in [5.74, 6) is -0.996. The van der Waals surface area contributed by atoms with E-state index >= 15 is 0 Å². The molecule has 0 spiro atoms. The molecular weight excluding hydrogens is 162 g/mol. The first-order chi connectivity index (χ1) is 5.67. The van der Waals surface area contributed by atoms with Gasteiger partial charge in [0.25, 0.3) is 0 Å². The summed E-state index contributed by atoms with van der Waals surface area (Å²) in [6.07, 6.45) is 1.24. The summed E-state index contributed by atoms with van der Waals surface area (Å²) in [5.41, 5.74) is -1.27. The van der Waals surface area contributed by atoms with Crippen LogP contribution < -0.4 is 0 Å². The van der Waals surface area contributed by atoms with Gasteiger partial charge in [-0.25, -0.2) is 4.79 Å². The molecule has 1 aliphatic rings. The molecule has 70 valence electrons. The number of methoxy groups -OCH3 is 1. The molecule has 1 heterocycles. The third-order valence-electron chi connectivity index (χ3n) is 2.17. The minimum Gasteiger partial charge on any atom is -0.478 e. The zero-order chi connectivity index (χ0) is 9.19. The Bertz CT molecular complexity index is 184. The summed E-state index contributed by atoms with van der Waals surface area (Å²) in [4.78, 5) is 15.8. The van der Waals surface area contributed by atoms with Crippen molar-refractivity contribution < 1.29 is 19.5 Å². The zero-order valence-corrected chi connectivity index (χ0v) is 7.24. The number of rotatable bonds is 3. The van der Waals surface area contributed by atoms with Gasteiger partial charge in [-0.1, -0.05) is 0 Å². The Kier molecular flexibility index (Phi) is 2.66. The van der Waals surface area contributed by atoms with Gasteiger partial charge in [0, 0.05) is 20.1 Å². The lowest BCUT2D eigenvalue weighted by Gasteiger charge is -2.30. The molecule has 0 unspecified atom stereocenters. The highest BCUT2D eigenvalue weighted by Gasteiger charge is 2.49. The van der Waals surface area contributed by atoms with Crippen LogP contribution in [0.25, 0.3) is 0 Å². The van der Waals surface area contributed by atoms with Crippen LogP contribution in [0.5, 0.6) is 0 Å². The van der Waals surface area contributed by atoms with Gasteiger partial charge in [0.05, 0.1) is 7.11 Å². The van der Waals surface area contributed by atoms with E-state index < -0.39 is 11.7 Å². The van der Waals surface area contributed by atoms with Gasteiger partial charge in [-0.3, -0.25) is 4.84 Å². The van der Waals surface area contributed by atoms with Gasteiger partial charge in [-0.15, -0.1) is 5.06 Å². The summed E-state index contributed by atoms with van der Waals surface area (Å²) < 4.78 is 4.97. The molecule has 0 saturated carbocycles. The molecular formula is C7H13NO4. The number of hydrogen-bond acceptors (Lipinski definition) is 4. The third-order valence-corrected chi connectivity index (χ3v) is 2.17. The van der Waals surface area contributed by atoms with Crippen LogP contribution in [0.15, 0.2) is 0 Å². The molecule has 1 aliphatic heterocycles. The lowest BCUT2D eigenvalue weighted by atomic mass is 10.2. The van der Waals surface area contributed by atoms with Crippen molar-refractivity contribution in [3.63, 3.8) is 0 Å². The molecule has 0 radical (unpaired) electrons. The second kappa shape index (κ2) is 3.38. The quantitative estimate of drug-likeness (QED) is 0.657. The molecule has 1 rings (SSSR count). The summed E-state index contributed by atoms with van der Waals surface area (Å²) in [6.45, 7) is 0.594. The third kappa shape index (κ3) is 1.20. The molecule has 5 heteroatoms. The van der Waals surface area contributed by atoms with Crippen LogP contribution in [0.4, 0.5) is 0 Å². The first-order valence-electron chi connectivity index (χ1n) is 3.77. The van der Waals surface area contributed by atoms with Crippen molar-refractivity contribution in [2.75, 3.05) is 20.8 Å². The average molecular weight is 175 g/mol. The van der Waals surface area contributed by atoms with Crippen LogP contribution in [0.1, 0.15) is 12.8 Å². The summed E-state index contributed by atoms with van der Waals surface area (Å²) in [6, 6.07) is 0. The number of hydroxylamine groups is 2. The molecule has 1 N–H and O–H groups in total. The minimum absolute atomic E-state index is 0.465. The first-order valence-corrected chi connectivity index (χ1v) is 3.77. The zero-order valence-electron chi connectivity index (χ0n) is 7.24. The maximum absolute atomic E-state index is 10.9. The molecule has 0 aromatic carbocycles. The van der Waals surface area contributed by atoms with Crippen molar-refractivity contribution in [2.45, 2.75) is 18.6 Å². The smallest absolute Gasteiger partial charge is 0.353 e. The number of carboxylic acids is 1. The lowest BCUT2D eigenvalue weighted by Crippen LogP contribution is -2.51. The largest absolute Gasteiger partial charge is 0.478 e. The number of carboxylic acid groups (broad SMARTS) is 1. The van der Waals surface area contributed by atoms with E-state index in [1.54, 1.807) is 0 Å². The molecule has 5 nitrogen and oxygen atoms in total. The fourth-order valence-corrected chi connectivity index (χ4v) is 1.51. The minimum atomic E-state index is -1.27. The van der Waals surface area contributed by atoms with Crippen molar-refractivity contribution in [1.29, 1.82) is 0 Å². The number of hydrogen-bond donors (Lipinski definition) is 1. The van der Waals surface area contributed by atoms with E-state index in [2.05, 4.69) is 0 Å². The standard InChI is InChI=1S/C7H13NO4/c1-11-7(6(9)10)4-3-5-8(7)12-2/h3-5H2,1-2H3,(H,9,10)/t7-/m1/s1. The van der Waals surface area contributed by atoms with Crippen molar-refractivity contribution in [3.8, 4) is 0 Å². The van der Waals surface area contributed by atoms with Crippen molar-refractivity contribution >= 4 is 5.97 Å². The van der Waals surface area contributed by atoms with E-state index in [0.717, 1.165) is 6.42 Å². The maximum atomic E-state index is 10.9. The SMILES string of the molecule is CON1CCC[C@@]1(OC)C(=O)O. The van der Waals surface area contributed by atoms with E-state index in [-0.39, 0.29) is 0 Å². The van der Waals surface area contributed by atoms with E-state index in [9.17, 15) is 4.79 Å². The number of aliphatic carboxylic acids is 1. The van der Waals surface area contributed by atoms with Crippen LogP contribution >= 0.6 is 0 Å². The normalized spacial score (nSPS) is 30.8. The highest BCUT2D eigenvalue weighted by atomic mass is 16.7. The first kappa shape index (κ1) is 9.44. The van der Waals surface area contributed by atoms with E-state index in [1.807, 2.05) is 0 Å². The Morgan fingerprint density at radius 2 is 2.25 bits per heavy atom. The fourth-order valence-electron chi connectivity index (χ4n) is 1.51. The van der Waals surface area contributed by atoms with Crippen molar-refractivity contribution in [2.24, 2.45) is 0 Å². The fraction of sp³-hybridized carbons (Fsp3) is 0.857. The molecule has 0 amide bonds. The Labute approximate surface area is 70.8 Å². The van der Waals surface area contributed by atoms with E-state index in [1.165, 1.54) is 19.3 Å². The summed E-state index contributed by atoms with van der Waals surface area (Å²) >= 11 is 0. The lowest BCUT2D eigenvalue weighted by molar-refractivity contribution is -0.267. The molecule has 12 heavy (non-hydrogen) atoms. The number of carbonyl (C=O) groups is 1. The molecule has 0 aromatic heterocycles. The van der Waals surface area contributed by atoms with Gasteiger partial charge >= 0.3 is 5.97 Å². The van der Waals surface area contributed by atoms with Gasteiger partial charge in [-0.05, 0) is 6.42 Å². The molecule has 0 bridgehead atoms. The maximum Gasteiger partial charge on any atom is 0.353 e. The monoisotopic (exact) mass is 175 g/mol. The highest BCUT2D eigenvalue weighted by Crippen LogP contribution is 2.29. The van der Waals surface area contributed by atoms with Crippen LogP contribution in [-0.4, -0.2) is 42.6 Å². The van der Waals surface area contributed by atoms with Crippen LogP contribution in [0, 0.1) is 0 Å². The Balaban J connectivity index is 2.83. The summed E-state index contributed by atoms with van der Waals surface area (Å²) in [5, 5.41) is 10.3. The van der Waals surface area contributed by atoms with Crippen LogP contribution in [0.3, 0.4) is 0 Å². The van der Waals surface area contributed by atoms with Crippen LogP contribution in [-0.2, 0) is 14.4 Å². The molecule has 0 aromatic rings. The second-order valence-electron chi connectivity index (χ2n) is 2.68. The second-order valence-corrected chi connectivity index (χ2v) is 2.68. The molecule has 1 fully saturated rings. The predicted molar refractivity (Wildman–Crippen MR) is 40.3 cm³/mol. The highest BCUT2D eigenvalue weighted by molar-refractivity contribution is 5.77. The van der Waals surface area contributed by atoms with Gasteiger partial charge in [0.15, 0.2) is 0 Å². The van der Waals surface area contributed by atoms with Gasteiger partial charge < -0.3 is 9.84 Å². The Hall–Kier alpha value is -0.650. The van der Waals surface area contributed by atoms with E-state index in [0.29, 0.717) is 13.0 Å². The Morgan fingerprint density at radius 1 is 1.58 bits per heavy atom. The molecule has 0 aliphatic carbocycles. The molecule has 1 atom stereocenters. The van der Waals surface area contributed by atoms with Crippen molar-refractivity contribution in [1.82, 2.24) is 5.06 Å². The summed E-state index contributed by atoms with van der Waals surface area (Å²) in [7, 11) is 2.83. The number of nitrogens with zero attached hydrogens (tertiary/aromatic N) is 1. The van der Waals surface area contributed by atoms with Gasteiger partial charge in [0.1, 0.15) is 0 Å². The number of ether oxygens (including phenoxy) is 1. The predicted octanol–water partition coefficient (Wildman–Crippen LogP) is 0.0709. The molecule has 1 saturated heterocycles. The van der Waals surface area contributed by atoms with Gasteiger partial charge in [-0.2, -0.15) is 0 Å². The Morgan fingerprint density at radius 3 is 2.58 bits per heavy atom. The van der Waals surface area contributed by atoms with Crippen molar-refractivity contribution in [3.05, 3.63) is 0 Å².